The number of rotatable bonds is 5. The van der Waals surface area contributed by atoms with Crippen LogP contribution in [0.1, 0.15) is 20.3 Å². The third-order valence-corrected chi connectivity index (χ3v) is 3.44. The highest BCUT2D eigenvalue weighted by Crippen LogP contribution is 2.24. The van der Waals surface area contributed by atoms with Crippen molar-refractivity contribution in [1.82, 2.24) is 10.1 Å². The van der Waals surface area contributed by atoms with Crippen LogP contribution in [0.2, 0.25) is 0 Å². The SMILES string of the molecule is CC(C)CC(=O)Nc1cccc(-c2nc(-c3ccccc3)no2)c1. The zero-order valence-electron chi connectivity index (χ0n) is 13.7. The van der Waals surface area contributed by atoms with Gasteiger partial charge in [0.1, 0.15) is 0 Å². The van der Waals surface area contributed by atoms with Crippen LogP contribution in [0.15, 0.2) is 59.1 Å². The van der Waals surface area contributed by atoms with Crippen molar-refractivity contribution >= 4 is 11.6 Å². The number of anilines is 1. The van der Waals surface area contributed by atoms with Crippen molar-refractivity contribution < 1.29 is 9.32 Å². The van der Waals surface area contributed by atoms with E-state index in [1.54, 1.807) is 0 Å². The number of hydrogen-bond donors (Lipinski definition) is 1. The molecule has 0 aliphatic rings. The third-order valence-electron chi connectivity index (χ3n) is 3.44. The molecule has 3 aromatic rings. The lowest BCUT2D eigenvalue weighted by atomic mass is 10.1. The molecule has 2 aromatic carbocycles. The maximum absolute atomic E-state index is 11.9. The van der Waals surface area contributed by atoms with Gasteiger partial charge in [0.05, 0.1) is 0 Å². The van der Waals surface area contributed by atoms with Gasteiger partial charge >= 0.3 is 0 Å². The average molecular weight is 321 g/mol. The Bertz CT molecular complexity index is 825. The molecule has 1 heterocycles. The minimum Gasteiger partial charge on any atom is -0.334 e. The molecular formula is C19H19N3O2. The number of nitrogens with one attached hydrogen (secondary N) is 1. The van der Waals surface area contributed by atoms with Gasteiger partial charge in [0.25, 0.3) is 5.89 Å². The number of hydrogen-bond acceptors (Lipinski definition) is 4. The molecule has 0 bridgehead atoms. The molecule has 1 N–H and O–H groups in total. The van der Waals surface area contributed by atoms with Crippen molar-refractivity contribution in [2.24, 2.45) is 5.92 Å². The minimum atomic E-state index is -0.00217. The van der Waals surface area contributed by atoms with Crippen molar-refractivity contribution in [2.75, 3.05) is 5.32 Å². The first-order valence-electron chi connectivity index (χ1n) is 7.91. The molecule has 0 spiro atoms. The molecule has 1 amide bonds. The maximum atomic E-state index is 11.9. The molecule has 0 atom stereocenters. The number of aromatic nitrogens is 2. The van der Waals surface area contributed by atoms with Gasteiger partial charge in [-0.15, -0.1) is 0 Å². The van der Waals surface area contributed by atoms with Gasteiger partial charge in [-0.05, 0) is 24.1 Å². The maximum Gasteiger partial charge on any atom is 0.258 e. The van der Waals surface area contributed by atoms with E-state index in [0.29, 0.717) is 24.1 Å². The molecule has 0 fully saturated rings. The second-order valence-electron chi connectivity index (χ2n) is 6.02. The zero-order valence-corrected chi connectivity index (χ0v) is 13.7. The predicted molar refractivity (Wildman–Crippen MR) is 93.3 cm³/mol. The Morgan fingerprint density at radius 2 is 1.83 bits per heavy atom. The Morgan fingerprint density at radius 3 is 2.58 bits per heavy atom. The van der Waals surface area contributed by atoms with E-state index in [1.165, 1.54) is 0 Å². The molecule has 0 unspecified atom stereocenters. The molecule has 0 radical (unpaired) electrons. The van der Waals surface area contributed by atoms with Gasteiger partial charge < -0.3 is 9.84 Å². The highest BCUT2D eigenvalue weighted by atomic mass is 16.5. The van der Waals surface area contributed by atoms with Gasteiger partial charge in [0.15, 0.2) is 0 Å². The van der Waals surface area contributed by atoms with Gasteiger partial charge in [0, 0.05) is 23.2 Å². The van der Waals surface area contributed by atoms with E-state index >= 15 is 0 Å². The van der Waals surface area contributed by atoms with Crippen LogP contribution in [0.5, 0.6) is 0 Å². The van der Waals surface area contributed by atoms with Crippen molar-refractivity contribution in [2.45, 2.75) is 20.3 Å². The fraction of sp³-hybridized carbons (Fsp3) is 0.211. The van der Waals surface area contributed by atoms with Gasteiger partial charge in [-0.3, -0.25) is 4.79 Å². The monoisotopic (exact) mass is 321 g/mol. The Kier molecular flexibility index (Phi) is 4.70. The quantitative estimate of drug-likeness (QED) is 0.757. The Morgan fingerprint density at radius 1 is 1.08 bits per heavy atom. The number of amides is 1. The third kappa shape index (κ3) is 3.87. The molecule has 24 heavy (non-hydrogen) atoms. The summed E-state index contributed by atoms with van der Waals surface area (Å²) in [4.78, 5) is 16.3. The Labute approximate surface area is 140 Å². The van der Waals surface area contributed by atoms with E-state index < -0.39 is 0 Å². The molecule has 122 valence electrons. The van der Waals surface area contributed by atoms with E-state index in [0.717, 1.165) is 16.8 Å². The summed E-state index contributed by atoms with van der Waals surface area (Å²) in [6.07, 6.45) is 0.489. The topological polar surface area (TPSA) is 68.0 Å². The zero-order chi connectivity index (χ0) is 16.9. The summed E-state index contributed by atoms with van der Waals surface area (Å²) < 4.78 is 5.36. The predicted octanol–water partition coefficient (Wildman–Crippen LogP) is 4.39. The average Bonchev–Trinajstić information content (AvgIpc) is 3.05. The van der Waals surface area contributed by atoms with Gasteiger partial charge in [0.2, 0.25) is 11.7 Å². The first-order valence-corrected chi connectivity index (χ1v) is 7.91. The standard InChI is InChI=1S/C19H19N3O2/c1-13(2)11-17(23)20-16-10-6-9-15(12-16)19-21-18(22-24-19)14-7-4-3-5-8-14/h3-10,12-13H,11H2,1-2H3,(H,20,23). The van der Waals surface area contributed by atoms with E-state index in [9.17, 15) is 4.79 Å². The Balaban J connectivity index is 1.79. The van der Waals surface area contributed by atoms with Crippen LogP contribution in [0, 0.1) is 5.92 Å². The number of carbonyl (C=O) groups excluding carboxylic acids is 1. The number of benzene rings is 2. The summed E-state index contributed by atoms with van der Waals surface area (Å²) >= 11 is 0. The molecule has 5 heteroatoms. The molecule has 0 saturated heterocycles. The van der Waals surface area contributed by atoms with E-state index in [-0.39, 0.29) is 5.91 Å². The molecular weight excluding hydrogens is 302 g/mol. The summed E-state index contributed by atoms with van der Waals surface area (Å²) in [5.41, 5.74) is 2.39. The van der Waals surface area contributed by atoms with Crippen LogP contribution in [0.25, 0.3) is 22.8 Å². The first-order chi connectivity index (χ1) is 11.6. The minimum absolute atomic E-state index is 0.00217. The lowest BCUT2D eigenvalue weighted by molar-refractivity contribution is -0.116. The molecule has 3 rings (SSSR count). The smallest absolute Gasteiger partial charge is 0.258 e. The lowest BCUT2D eigenvalue weighted by Gasteiger charge is -2.07. The number of nitrogens with zero attached hydrogens (tertiary/aromatic N) is 2. The second kappa shape index (κ2) is 7.08. The molecule has 5 nitrogen and oxygen atoms in total. The van der Waals surface area contributed by atoms with Crippen LogP contribution in [-0.4, -0.2) is 16.0 Å². The van der Waals surface area contributed by atoms with Gasteiger partial charge in [-0.1, -0.05) is 55.4 Å². The van der Waals surface area contributed by atoms with Crippen molar-refractivity contribution in [3.63, 3.8) is 0 Å². The van der Waals surface area contributed by atoms with Gasteiger partial charge in [-0.25, -0.2) is 0 Å². The molecule has 1 aromatic heterocycles. The van der Waals surface area contributed by atoms with Crippen molar-refractivity contribution in [1.29, 1.82) is 0 Å². The van der Waals surface area contributed by atoms with Crippen LogP contribution < -0.4 is 5.32 Å². The summed E-state index contributed by atoms with van der Waals surface area (Å²) in [5.74, 6) is 1.28. The summed E-state index contributed by atoms with van der Waals surface area (Å²) in [6.45, 7) is 4.03. The highest BCUT2D eigenvalue weighted by Gasteiger charge is 2.12. The summed E-state index contributed by atoms with van der Waals surface area (Å²) in [5, 5.41) is 6.91. The lowest BCUT2D eigenvalue weighted by Crippen LogP contribution is -2.13. The highest BCUT2D eigenvalue weighted by molar-refractivity contribution is 5.91. The normalized spacial score (nSPS) is 10.8. The van der Waals surface area contributed by atoms with E-state index in [2.05, 4.69) is 15.5 Å². The molecule has 0 aliphatic carbocycles. The summed E-state index contributed by atoms with van der Waals surface area (Å²) in [7, 11) is 0. The van der Waals surface area contributed by atoms with E-state index in [4.69, 9.17) is 4.52 Å². The molecule has 0 aliphatic heterocycles. The van der Waals surface area contributed by atoms with Crippen LogP contribution in [0.3, 0.4) is 0 Å². The fourth-order valence-electron chi connectivity index (χ4n) is 2.36. The van der Waals surface area contributed by atoms with Crippen LogP contribution in [0.4, 0.5) is 5.69 Å². The summed E-state index contributed by atoms with van der Waals surface area (Å²) in [6, 6.07) is 17.1. The van der Waals surface area contributed by atoms with Crippen LogP contribution >= 0.6 is 0 Å². The number of carbonyl (C=O) groups is 1. The van der Waals surface area contributed by atoms with E-state index in [1.807, 2.05) is 68.4 Å². The van der Waals surface area contributed by atoms with Crippen molar-refractivity contribution in [3.8, 4) is 22.8 Å². The van der Waals surface area contributed by atoms with Gasteiger partial charge in [-0.2, -0.15) is 4.98 Å². The largest absolute Gasteiger partial charge is 0.334 e. The van der Waals surface area contributed by atoms with Crippen molar-refractivity contribution in [3.05, 3.63) is 54.6 Å². The fourth-order valence-corrected chi connectivity index (χ4v) is 2.36. The first kappa shape index (κ1) is 15.9. The Hall–Kier alpha value is -2.95. The van der Waals surface area contributed by atoms with Crippen LogP contribution in [-0.2, 0) is 4.79 Å². The molecule has 0 saturated carbocycles. The second-order valence-corrected chi connectivity index (χ2v) is 6.02.